The fourth-order valence-corrected chi connectivity index (χ4v) is 2.20. The Bertz CT molecular complexity index is 666. The summed E-state index contributed by atoms with van der Waals surface area (Å²) in [6.45, 7) is 4.70. The number of benzene rings is 2. The monoisotopic (exact) mass is 284 g/mol. The summed E-state index contributed by atoms with van der Waals surface area (Å²) < 4.78 is 5.20. The number of nitrogens with one attached hydrogen (secondary N) is 1. The van der Waals surface area contributed by atoms with E-state index in [1.165, 1.54) is 0 Å². The number of carbonyl (C=O) groups excluding carboxylic acids is 1. The number of hydrogen-bond acceptors (Lipinski definition) is 3. The van der Waals surface area contributed by atoms with E-state index in [1.54, 1.807) is 13.2 Å². The van der Waals surface area contributed by atoms with E-state index >= 15 is 0 Å². The van der Waals surface area contributed by atoms with Crippen molar-refractivity contribution in [1.82, 2.24) is 0 Å². The van der Waals surface area contributed by atoms with Gasteiger partial charge in [0, 0.05) is 17.8 Å². The van der Waals surface area contributed by atoms with Crippen LogP contribution in [0.3, 0.4) is 0 Å². The molecule has 0 radical (unpaired) electrons. The van der Waals surface area contributed by atoms with E-state index < -0.39 is 5.91 Å². The maximum Gasteiger partial charge on any atom is 0.248 e. The summed E-state index contributed by atoms with van der Waals surface area (Å²) in [4.78, 5) is 11.1. The van der Waals surface area contributed by atoms with Crippen LogP contribution in [-0.2, 0) is 6.54 Å². The van der Waals surface area contributed by atoms with Crippen molar-refractivity contribution in [3.8, 4) is 5.75 Å². The molecule has 110 valence electrons. The molecule has 0 atom stereocenters. The summed E-state index contributed by atoms with van der Waals surface area (Å²) in [6.07, 6.45) is 0. The van der Waals surface area contributed by atoms with Crippen LogP contribution in [0.5, 0.6) is 5.75 Å². The number of aryl methyl sites for hydroxylation is 2. The van der Waals surface area contributed by atoms with Gasteiger partial charge in [0.05, 0.1) is 7.11 Å². The molecule has 2 rings (SSSR count). The highest BCUT2D eigenvalue weighted by Crippen LogP contribution is 2.22. The molecule has 0 aliphatic rings. The highest BCUT2D eigenvalue weighted by atomic mass is 16.5. The predicted molar refractivity (Wildman–Crippen MR) is 84.8 cm³/mol. The third kappa shape index (κ3) is 3.54. The van der Waals surface area contributed by atoms with Gasteiger partial charge in [0.1, 0.15) is 5.75 Å². The quantitative estimate of drug-likeness (QED) is 0.887. The third-order valence-corrected chi connectivity index (χ3v) is 3.53. The Morgan fingerprint density at radius 1 is 1.14 bits per heavy atom. The first kappa shape index (κ1) is 14.9. The number of carbonyl (C=O) groups is 1. The van der Waals surface area contributed by atoms with Gasteiger partial charge in [-0.2, -0.15) is 0 Å². The third-order valence-electron chi connectivity index (χ3n) is 3.53. The number of hydrogen-bond donors (Lipinski definition) is 2. The topological polar surface area (TPSA) is 64.3 Å². The van der Waals surface area contributed by atoms with Gasteiger partial charge in [0.2, 0.25) is 5.91 Å². The molecule has 0 fully saturated rings. The second-order valence-corrected chi connectivity index (χ2v) is 5.04. The zero-order chi connectivity index (χ0) is 15.4. The van der Waals surface area contributed by atoms with Gasteiger partial charge in [-0.05, 0) is 60.9 Å². The Kier molecular flexibility index (Phi) is 4.48. The zero-order valence-electron chi connectivity index (χ0n) is 12.6. The Balaban J connectivity index is 2.11. The van der Waals surface area contributed by atoms with Crippen molar-refractivity contribution in [1.29, 1.82) is 0 Å². The molecule has 2 aromatic carbocycles. The first-order chi connectivity index (χ1) is 10.0. The van der Waals surface area contributed by atoms with Crippen molar-refractivity contribution in [2.24, 2.45) is 5.73 Å². The standard InChI is InChI=1S/C17H20N2O2/c1-11-8-13(17(18)20)4-5-14(11)10-19-16-7-6-15(21-3)9-12(16)2/h4-9,19H,10H2,1-3H3,(H2,18,20). The van der Waals surface area contributed by atoms with Crippen LogP contribution in [0.15, 0.2) is 36.4 Å². The van der Waals surface area contributed by atoms with Crippen LogP contribution in [0, 0.1) is 13.8 Å². The molecule has 0 heterocycles. The Morgan fingerprint density at radius 2 is 1.90 bits per heavy atom. The lowest BCUT2D eigenvalue weighted by Crippen LogP contribution is -2.12. The molecule has 0 bridgehead atoms. The van der Waals surface area contributed by atoms with Gasteiger partial charge in [0.25, 0.3) is 0 Å². The van der Waals surface area contributed by atoms with E-state index in [0.717, 1.165) is 28.1 Å². The normalized spacial score (nSPS) is 10.2. The van der Waals surface area contributed by atoms with Gasteiger partial charge >= 0.3 is 0 Å². The van der Waals surface area contributed by atoms with Gasteiger partial charge in [-0.1, -0.05) is 6.07 Å². The molecule has 4 nitrogen and oxygen atoms in total. The number of nitrogens with two attached hydrogens (primary N) is 1. The first-order valence-electron chi connectivity index (χ1n) is 6.79. The number of primary amides is 1. The summed E-state index contributed by atoms with van der Waals surface area (Å²) >= 11 is 0. The highest BCUT2D eigenvalue weighted by Gasteiger charge is 2.05. The largest absolute Gasteiger partial charge is 0.497 e. The molecule has 4 heteroatoms. The molecule has 3 N–H and O–H groups in total. The molecule has 0 saturated heterocycles. The van der Waals surface area contributed by atoms with Crippen molar-refractivity contribution < 1.29 is 9.53 Å². The summed E-state index contributed by atoms with van der Waals surface area (Å²) in [7, 11) is 1.66. The average molecular weight is 284 g/mol. The maximum atomic E-state index is 11.1. The minimum Gasteiger partial charge on any atom is -0.497 e. The SMILES string of the molecule is COc1ccc(NCc2ccc(C(N)=O)cc2C)c(C)c1. The number of anilines is 1. The van der Waals surface area contributed by atoms with E-state index in [2.05, 4.69) is 5.32 Å². The lowest BCUT2D eigenvalue weighted by atomic mass is 10.0. The van der Waals surface area contributed by atoms with Crippen LogP contribution >= 0.6 is 0 Å². The maximum absolute atomic E-state index is 11.1. The molecule has 0 aliphatic heterocycles. The second kappa shape index (κ2) is 6.31. The van der Waals surface area contributed by atoms with Crippen molar-refractivity contribution in [3.63, 3.8) is 0 Å². The number of methoxy groups -OCH3 is 1. The van der Waals surface area contributed by atoms with Crippen LogP contribution in [0.2, 0.25) is 0 Å². The van der Waals surface area contributed by atoms with Gasteiger partial charge < -0.3 is 15.8 Å². The van der Waals surface area contributed by atoms with Gasteiger partial charge in [-0.25, -0.2) is 0 Å². The van der Waals surface area contributed by atoms with Crippen molar-refractivity contribution in [3.05, 3.63) is 58.7 Å². The highest BCUT2D eigenvalue weighted by molar-refractivity contribution is 5.93. The Labute approximate surface area is 124 Å². The van der Waals surface area contributed by atoms with Crippen molar-refractivity contribution >= 4 is 11.6 Å². The van der Waals surface area contributed by atoms with Gasteiger partial charge in [0.15, 0.2) is 0 Å². The second-order valence-electron chi connectivity index (χ2n) is 5.04. The predicted octanol–water partition coefficient (Wildman–Crippen LogP) is 3.02. The fourth-order valence-electron chi connectivity index (χ4n) is 2.20. The van der Waals surface area contributed by atoms with E-state index in [-0.39, 0.29) is 0 Å². The van der Waals surface area contributed by atoms with E-state index in [9.17, 15) is 4.79 Å². The van der Waals surface area contributed by atoms with Crippen LogP contribution in [-0.4, -0.2) is 13.0 Å². The zero-order valence-corrected chi connectivity index (χ0v) is 12.6. The summed E-state index contributed by atoms with van der Waals surface area (Å²) in [6, 6.07) is 11.4. The molecule has 0 spiro atoms. The first-order valence-corrected chi connectivity index (χ1v) is 6.79. The van der Waals surface area contributed by atoms with E-state index in [4.69, 9.17) is 10.5 Å². The molecule has 1 amide bonds. The minimum absolute atomic E-state index is 0.399. The number of ether oxygens (including phenoxy) is 1. The number of rotatable bonds is 5. The molecule has 0 aromatic heterocycles. The summed E-state index contributed by atoms with van der Waals surface area (Å²) in [5, 5.41) is 3.40. The summed E-state index contributed by atoms with van der Waals surface area (Å²) in [5.74, 6) is 0.448. The fraction of sp³-hybridized carbons (Fsp3) is 0.235. The molecule has 0 unspecified atom stereocenters. The number of amides is 1. The van der Waals surface area contributed by atoms with Crippen LogP contribution in [0.1, 0.15) is 27.0 Å². The van der Waals surface area contributed by atoms with Crippen LogP contribution in [0.25, 0.3) is 0 Å². The molecular weight excluding hydrogens is 264 g/mol. The summed E-state index contributed by atoms with van der Waals surface area (Å²) in [5.41, 5.74) is 10.2. The molecule has 21 heavy (non-hydrogen) atoms. The molecule has 0 aliphatic carbocycles. The van der Waals surface area contributed by atoms with Gasteiger partial charge in [-0.3, -0.25) is 4.79 Å². The van der Waals surface area contributed by atoms with E-state index in [0.29, 0.717) is 12.1 Å². The molecule has 0 saturated carbocycles. The smallest absolute Gasteiger partial charge is 0.248 e. The van der Waals surface area contributed by atoms with Crippen LogP contribution in [0.4, 0.5) is 5.69 Å². The Morgan fingerprint density at radius 3 is 2.48 bits per heavy atom. The van der Waals surface area contributed by atoms with Crippen molar-refractivity contribution in [2.75, 3.05) is 12.4 Å². The van der Waals surface area contributed by atoms with Crippen molar-refractivity contribution in [2.45, 2.75) is 20.4 Å². The molecular formula is C17H20N2O2. The lowest BCUT2D eigenvalue weighted by molar-refractivity contribution is 0.1000. The minimum atomic E-state index is -0.399. The van der Waals surface area contributed by atoms with E-state index in [1.807, 2.05) is 44.2 Å². The van der Waals surface area contributed by atoms with Gasteiger partial charge in [-0.15, -0.1) is 0 Å². The molecule has 2 aromatic rings. The lowest BCUT2D eigenvalue weighted by Gasteiger charge is -2.13. The Hall–Kier alpha value is -2.49. The van der Waals surface area contributed by atoms with Crippen LogP contribution < -0.4 is 15.8 Å². The average Bonchev–Trinajstić information content (AvgIpc) is 2.46.